The molecular weight excluding hydrogens is 370 g/mol. The van der Waals surface area contributed by atoms with Crippen LogP contribution in [-0.2, 0) is 19.2 Å². The fraction of sp³-hybridized carbons (Fsp3) is 0.267. The summed E-state index contributed by atoms with van der Waals surface area (Å²) in [4.78, 5) is 27.4. The Labute approximate surface area is 141 Å². The zero-order valence-electron chi connectivity index (χ0n) is 12.7. The van der Waals surface area contributed by atoms with Crippen LogP contribution in [0.5, 0.6) is 11.5 Å². The van der Waals surface area contributed by atoms with Gasteiger partial charge in [-0.3, -0.25) is 0 Å². The largest absolute Gasteiger partial charge is 0.493 e. The van der Waals surface area contributed by atoms with Crippen LogP contribution in [-0.4, -0.2) is 38.5 Å². The standard InChI is InChI=1S/C15H14BrNO6/c1-8-10(15(19)23-17-8)4-9-5-11(16)14(12(6-9)20-2)22-7-13(18)21-3/h4-6H,7H2,1-3H3/b10-4-. The zero-order valence-corrected chi connectivity index (χ0v) is 14.3. The lowest BCUT2D eigenvalue weighted by molar-refractivity contribution is -0.143. The highest BCUT2D eigenvalue weighted by atomic mass is 79.9. The molecule has 1 aliphatic heterocycles. The average Bonchev–Trinajstić information content (AvgIpc) is 2.84. The Morgan fingerprint density at radius 3 is 2.70 bits per heavy atom. The van der Waals surface area contributed by atoms with E-state index in [0.29, 0.717) is 32.8 Å². The Bertz CT molecular complexity index is 710. The average molecular weight is 384 g/mol. The van der Waals surface area contributed by atoms with E-state index in [9.17, 15) is 9.59 Å². The minimum Gasteiger partial charge on any atom is -0.493 e. The Balaban J connectivity index is 2.33. The summed E-state index contributed by atoms with van der Waals surface area (Å²) in [5, 5.41) is 3.62. The number of carbonyl (C=O) groups excluding carboxylic acids is 2. The number of benzene rings is 1. The van der Waals surface area contributed by atoms with Crippen LogP contribution in [0, 0.1) is 0 Å². The number of carbonyl (C=O) groups is 2. The van der Waals surface area contributed by atoms with Gasteiger partial charge >= 0.3 is 11.9 Å². The van der Waals surface area contributed by atoms with Gasteiger partial charge in [-0.25, -0.2) is 9.59 Å². The summed E-state index contributed by atoms with van der Waals surface area (Å²) in [5.74, 6) is -0.259. The third-order valence-corrected chi connectivity index (χ3v) is 3.59. The molecule has 0 radical (unpaired) electrons. The van der Waals surface area contributed by atoms with Crippen LogP contribution in [0.2, 0.25) is 0 Å². The molecule has 1 heterocycles. The second kappa shape index (κ2) is 7.28. The number of ether oxygens (including phenoxy) is 3. The SMILES string of the molecule is COC(=O)COc1c(Br)cc(/C=C2\C(=O)ON=C2C)cc1OC. The lowest BCUT2D eigenvalue weighted by Gasteiger charge is -2.13. The maximum atomic E-state index is 11.6. The van der Waals surface area contributed by atoms with Crippen LogP contribution < -0.4 is 9.47 Å². The van der Waals surface area contributed by atoms with E-state index in [0.717, 1.165) is 0 Å². The van der Waals surface area contributed by atoms with Crippen LogP contribution in [0.25, 0.3) is 6.08 Å². The highest BCUT2D eigenvalue weighted by molar-refractivity contribution is 9.10. The number of oxime groups is 1. The minimum atomic E-state index is -0.511. The fourth-order valence-electron chi connectivity index (χ4n) is 1.84. The first-order chi connectivity index (χ1) is 11.0. The highest BCUT2D eigenvalue weighted by Crippen LogP contribution is 2.37. The lowest BCUT2D eigenvalue weighted by atomic mass is 10.1. The van der Waals surface area contributed by atoms with Crippen LogP contribution in [0.3, 0.4) is 0 Å². The van der Waals surface area contributed by atoms with E-state index >= 15 is 0 Å². The van der Waals surface area contributed by atoms with Crippen LogP contribution in [0.4, 0.5) is 0 Å². The predicted molar refractivity (Wildman–Crippen MR) is 85.4 cm³/mol. The van der Waals surface area contributed by atoms with E-state index < -0.39 is 11.9 Å². The number of halogens is 1. The van der Waals surface area contributed by atoms with Crippen molar-refractivity contribution in [3.8, 4) is 11.5 Å². The number of esters is 1. The Kier molecular flexibility index (Phi) is 5.38. The number of rotatable bonds is 5. The quantitative estimate of drug-likeness (QED) is 0.440. The second-order valence-electron chi connectivity index (χ2n) is 4.51. The van der Waals surface area contributed by atoms with E-state index in [-0.39, 0.29) is 6.61 Å². The third-order valence-electron chi connectivity index (χ3n) is 3.00. The summed E-state index contributed by atoms with van der Waals surface area (Å²) in [7, 11) is 2.75. The van der Waals surface area contributed by atoms with Gasteiger partial charge in [0.2, 0.25) is 0 Å². The summed E-state index contributed by atoms with van der Waals surface area (Å²) in [6.07, 6.45) is 1.63. The molecule has 0 fully saturated rings. The molecule has 1 aromatic carbocycles. The van der Waals surface area contributed by atoms with Crippen molar-refractivity contribution in [2.75, 3.05) is 20.8 Å². The molecule has 0 unspecified atom stereocenters. The number of methoxy groups -OCH3 is 2. The first kappa shape index (κ1) is 17.0. The summed E-state index contributed by atoms with van der Waals surface area (Å²) in [5.41, 5.74) is 1.54. The van der Waals surface area contributed by atoms with Gasteiger partial charge in [-0.1, -0.05) is 5.16 Å². The number of hydrogen-bond acceptors (Lipinski definition) is 7. The highest BCUT2D eigenvalue weighted by Gasteiger charge is 2.22. The van der Waals surface area contributed by atoms with Gasteiger partial charge in [0.15, 0.2) is 18.1 Å². The molecule has 0 bridgehead atoms. The van der Waals surface area contributed by atoms with Crippen LogP contribution >= 0.6 is 15.9 Å². The summed E-state index contributed by atoms with van der Waals surface area (Å²) >= 11 is 3.36. The molecule has 1 aromatic rings. The van der Waals surface area contributed by atoms with Crippen molar-refractivity contribution in [1.29, 1.82) is 0 Å². The molecule has 23 heavy (non-hydrogen) atoms. The van der Waals surface area contributed by atoms with E-state index in [1.807, 2.05) is 0 Å². The van der Waals surface area contributed by atoms with E-state index in [4.69, 9.17) is 9.47 Å². The number of nitrogens with zero attached hydrogens (tertiary/aromatic N) is 1. The smallest absolute Gasteiger partial charge is 0.367 e. The van der Waals surface area contributed by atoms with Crippen molar-refractivity contribution >= 4 is 39.7 Å². The van der Waals surface area contributed by atoms with Gasteiger partial charge in [0.05, 0.1) is 30.0 Å². The van der Waals surface area contributed by atoms with Gasteiger partial charge in [0.25, 0.3) is 0 Å². The number of hydrogen-bond donors (Lipinski definition) is 0. The maximum Gasteiger partial charge on any atom is 0.367 e. The van der Waals surface area contributed by atoms with Gasteiger partial charge in [-0.05, 0) is 46.6 Å². The molecule has 0 amide bonds. The summed E-state index contributed by atoms with van der Waals surface area (Å²) in [6.45, 7) is 1.43. The molecular formula is C15H14BrNO6. The normalized spacial score (nSPS) is 15.2. The summed E-state index contributed by atoms with van der Waals surface area (Å²) < 4.78 is 15.8. The first-order valence-corrected chi connectivity index (χ1v) is 7.30. The fourth-order valence-corrected chi connectivity index (χ4v) is 2.41. The van der Waals surface area contributed by atoms with Crippen molar-refractivity contribution in [3.05, 3.63) is 27.7 Å². The van der Waals surface area contributed by atoms with Gasteiger partial charge < -0.3 is 19.0 Å². The van der Waals surface area contributed by atoms with Crippen molar-refractivity contribution in [2.24, 2.45) is 5.16 Å². The Morgan fingerprint density at radius 1 is 1.39 bits per heavy atom. The van der Waals surface area contributed by atoms with Crippen LogP contribution in [0.15, 0.2) is 27.3 Å². The molecule has 122 valence electrons. The second-order valence-corrected chi connectivity index (χ2v) is 5.37. The van der Waals surface area contributed by atoms with Gasteiger partial charge in [-0.2, -0.15) is 0 Å². The Hall–Kier alpha value is -2.35. The Morgan fingerprint density at radius 2 is 2.13 bits per heavy atom. The van der Waals surface area contributed by atoms with E-state index in [1.165, 1.54) is 14.2 Å². The van der Waals surface area contributed by atoms with Crippen molar-refractivity contribution in [1.82, 2.24) is 0 Å². The van der Waals surface area contributed by atoms with Crippen LogP contribution in [0.1, 0.15) is 12.5 Å². The maximum absolute atomic E-state index is 11.6. The van der Waals surface area contributed by atoms with E-state index in [2.05, 4.69) is 30.7 Å². The topological polar surface area (TPSA) is 83.4 Å². The molecule has 7 nitrogen and oxygen atoms in total. The molecule has 0 saturated heterocycles. The van der Waals surface area contributed by atoms with Crippen molar-refractivity contribution < 1.29 is 28.6 Å². The lowest BCUT2D eigenvalue weighted by Crippen LogP contribution is -2.13. The minimum absolute atomic E-state index is 0.246. The predicted octanol–water partition coefficient (Wildman–Crippen LogP) is 2.33. The van der Waals surface area contributed by atoms with E-state index in [1.54, 1.807) is 25.1 Å². The molecule has 0 spiro atoms. The molecule has 1 aliphatic rings. The molecule has 0 saturated carbocycles. The molecule has 0 aromatic heterocycles. The van der Waals surface area contributed by atoms with Gasteiger partial charge in [0, 0.05) is 0 Å². The monoisotopic (exact) mass is 383 g/mol. The third kappa shape index (κ3) is 3.89. The molecule has 0 N–H and O–H groups in total. The molecule has 0 aliphatic carbocycles. The van der Waals surface area contributed by atoms with Crippen molar-refractivity contribution in [2.45, 2.75) is 6.92 Å². The first-order valence-electron chi connectivity index (χ1n) is 6.51. The molecule has 2 rings (SSSR count). The molecule has 0 atom stereocenters. The molecule has 8 heteroatoms. The van der Waals surface area contributed by atoms with Gasteiger partial charge in [-0.15, -0.1) is 0 Å². The zero-order chi connectivity index (χ0) is 17.0. The summed E-state index contributed by atoms with van der Waals surface area (Å²) in [6, 6.07) is 3.39. The van der Waals surface area contributed by atoms with Crippen molar-refractivity contribution in [3.63, 3.8) is 0 Å². The van der Waals surface area contributed by atoms with Gasteiger partial charge in [0.1, 0.15) is 0 Å².